The number of pyridine rings is 1. The van der Waals surface area contributed by atoms with E-state index in [-0.39, 0.29) is 24.2 Å². The molecule has 7 nitrogen and oxygen atoms in total. The summed E-state index contributed by atoms with van der Waals surface area (Å²) in [6.45, 7) is 4.32. The lowest BCUT2D eigenvalue weighted by atomic mass is 10.2. The second kappa shape index (κ2) is 6.64. The lowest BCUT2D eigenvalue weighted by molar-refractivity contribution is -0.132. The molecule has 1 aromatic heterocycles. The highest BCUT2D eigenvalue weighted by molar-refractivity contribution is 6.02. The zero-order chi connectivity index (χ0) is 16.3. The highest BCUT2D eigenvalue weighted by Gasteiger charge is 2.34. The number of amides is 2. The SMILES string of the molecule is CCCCN(C)C(=O)CN1C(=O)C(C)Oc2ccc(N)nc21. The van der Waals surface area contributed by atoms with Gasteiger partial charge in [0.25, 0.3) is 5.91 Å². The number of hydrogen-bond donors (Lipinski definition) is 1. The lowest BCUT2D eigenvalue weighted by Crippen LogP contribution is -2.49. The molecule has 2 amide bonds. The Morgan fingerprint density at radius 3 is 2.91 bits per heavy atom. The Balaban J connectivity index is 2.20. The zero-order valence-corrected chi connectivity index (χ0v) is 13.2. The van der Waals surface area contributed by atoms with E-state index < -0.39 is 6.10 Å². The van der Waals surface area contributed by atoms with Crippen LogP contribution in [0.2, 0.25) is 0 Å². The fourth-order valence-corrected chi connectivity index (χ4v) is 2.23. The predicted octanol–water partition coefficient (Wildman–Crippen LogP) is 1.04. The van der Waals surface area contributed by atoms with E-state index in [1.807, 2.05) is 0 Å². The van der Waals surface area contributed by atoms with E-state index in [2.05, 4.69) is 11.9 Å². The van der Waals surface area contributed by atoms with Gasteiger partial charge in [0.1, 0.15) is 12.4 Å². The maximum atomic E-state index is 12.3. The minimum atomic E-state index is -0.647. The molecule has 0 radical (unpaired) electrons. The maximum absolute atomic E-state index is 12.3. The minimum Gasteiger partial charge on any atom is -0.477 e. The summed E-state index contributed by atoms with van der Waals surface area (Å²) in [6.07, 6.45) is 1.29. The molecule has 0 saturated heterocycles. The number of carbonyl (C=O) groups excluding carboxylic acids is 2. The first-order chi connectivity index (χ1) is 10.4. The third-order valence-electron chi connectivity index (χ3n) is 3.60. The van der Waals surface area contributed by atoms with Crippen molar-refractivity contribution in [3.8, 4) is 5.75 Å². The second-order valence-corrected chi connectivity index (χ2v) is 5.41. The van der Waals surface area contributed by atoms with Gasteiger partial charge < -0.3 is 15.4 Å². The van der Waals surface area contributed by atoms with Crippen LogP contribution in [-0.2, 0) is 9.59 Å². The van der Waals surface area contributed by atoms with Crippen LogP contribution in [0.4, 0.5) is 11.6 Å². The van der Waals surface area contributed by atoms with Crippen molar-refractivity contribution >= 4 is 23.5 Å². The van der Waals surface area contributed by atoms with Gasteiger partial charge in [0.15, 0.2) is 17.7 Å². The molecule has 2 N–H and O–H groups in total. The van der Waals surface area contributed by atoms with Gasteiger partial charge in [-0.2, -0.15) is 0 Å². The molecule has 2 rings (SSSR count). The Morgan fingerprint density at radius 1 is 1.50 bits per heavy atom. The molecule has 120 valence electrons. The number of nitrogens with zero attached hydrogens (tertiary/aromatic N) is 3. The second-order valence-electron chi connectivity index (χ2n) is 5.41. The first-order valence-corrected chi connectivity index (χ1v) is 7.42. The molecule has 0 saturated carbocycles. The molecule has 1 aromatic rings. The van der Waals surface area contributed by atoms with E-state index in [1.165, 1.54) is 4.90 Å². The van der Waals surface area contributed by atoms with Crippen molar-refractivity contribution in [3.05, 3.63) is 12.1 Å². The van der Waals surface area contributed by atoms with Crippen LogP contribution >= 0.6 is 0 Å². The number of rotatable bonds is 5. The molecule has 1 atom stereocenters. The molecule has 1 aliphatic rings. The molecule has 0 bridgehead atoms. The number of nitrogen functional groups attached to an aromatic ring is 1. The normalized spacial score (nSPS) is 17.0. The Labute approximate surface area is 130 Å². The number of unbranched alkanes of at least 4 members (excludes halogenated alkanes) is 1. The zero-order valence-electron chi connectivity index (χ0n) is 13.2. The number of nitrogens with two attached hydrogens (primary N) is 1. The van der Waals surface area contributed by atoms with Gasteiger partial charge in [-0.05, 0) is 25.5 Å². The molecule has 7 heteroatoms. The van der Waals surface area contributed by atoms with E-state index >= 15 is 0 Å². The van der Waals surface area contributed by atoms with Crippen molar-refractivity contribution in [1.82, 2.24) is 9.88 Å². The molecule has 0 spiro atoms. The first-order valence-electron chi connectivity index (χ1n) is 7.42. The smallest absolute Gasteiger partial charge is 0.269 e. The predicted molar refractivity (Wildman–Crippen MR) is 83.6 cm³/mol. The molecule has 1 aliphatic heterocycles. The van der Waals surface area contributed by atoms with Crippen LogP contribution in [0.3, 0.4) is 0 Å². The summed E-state index contributed by atoms with van der Waals surface area (Å²) < 4.78 is 5.50. The summed E-state index contributed by atoms with van der Waals surface area (Å²) in [5.74, 6) is 0.626. The largest absolute Gasteiger partial charge is 0.477 e. The highest BCUT2D eigenvalue weighted by atomic mass is 16.5. The Bertz CT molecular complexity index is 576. The molecule has 2 heterocycles. The Hall–Kier alpha value is -2.31. The summed E-state index contributed by atoms with van der Waals surface area (Å²) in [7, 11) is 1.74. The van der Waals surface area contributed by atoms with Crippen molar-refractivity contribution in [1.29, 1.82) is 0 Å². The lowest BCUT2D eigenvalue weighted by Gasteiger charge is -2.32. The van der Waals surface area contributed by atoms with Gasteiger partial charge in [-0.3, -0.25) is 14.5 Å². The molecular formula is C15H22N4O3. The highest BCUT2D eigenvalue weighted by Crippen LogP contribution is 2.32. The molecule has 0 fully saturated rings. The number of hydrogen-bond acceptors (Lipinski definition) is 5. The van der Waals surface area contributed by atoms with E-state index in [0.717, 1.165) is 12.8 Å². The summed E-state index contributed by atoms with van der Waals surface area (Å²) in [6, 6.07) is 3.27. The topological polar surface area (TPSA) is 88.8 Å². The van der Waals surface area contributed by atoms with Gasteiger partial charge in [-0.1, -0.05) is 13.3 Å². The maximum Gasteiger partial charge on any atom is 0.269 e. The van der Waals surface area contributed by atoms with E-state index in [1.54, 1.807) is 31.0 Å². The summed E-state index contributed by atoms with van der Waals surface area (Å²) in [5, 5.41) is 0. The monoisotopic (exact) mass is 306 g/mol. The Kier molecular flexibility index (Phi) is 4.85. The number of aromatic nitrogens is 1. The third kappa shape index (κ3) is 3.29. The standard InChI is InChI=1S/C15H22N4O3/c1-4-5-8-18(3)13(20)9-19-14-11(6-7-12(16)17-14)22-10(2)15(19)21/h6-7,10H,4-5,8-9H2,1-3H3,(H2,16,17). The molecule has 0 aromatic carbocycles. The summed E-state index contributed by atoms with van der Waals surface area (Å²) in [5.41, 5.74) is 5.68. The molecule has 1 unspecified atom stereocenters. The molecule has 0 aliphatic carbocycles. The summed E-state index contributed by atoms with van der Waals surface area (Å²) >= 11 is 0. The van der Waals surface area contributed by atoms with Gasteiger partial charge in [0, 0.05) is 13.6 Å². The van der Waals surface area contributed by atoms with E-state index in [0.29, 0.717) is 18.1 Å². The quantitative estimate of drug-likeness (QED) is 0.878. The number of likely N-dealkylation sites (N-methyl/N-ethyl adjacent to an activating group) is 1. The van der Waals surface area contributed by atoms with Crippen LogP contribution in [0.1, 0.15) is 26.7 Å². The van der Waals surface area contributed by atoms with Gasteiger partial charge in [-0.25, -0.2) is 4.98 Å². The van der Waals surface area contributed by atoms with E-state index in [9.17, 15) is 9.59 Å². The van der Waals surface area contributed by atoms with Crippen molar-refractivity contribution in [2.45, 2.75) is 32.8 Å². The minimum absolute atomic E-state index is 0.0593. The van der Waals surface area contributed by atoms with Crippen LogP contribution in [0, 0.1) is 0 Å². The van der Waals surface area contributed by atoms with Crippen LogP contribution < -0.4 is 15.4 Å². The van der Waals surface area contributed by atoms with Gasteiger partial charge in [0.2, 0.25) is 5.91 Å². The average molecular weight is 306 g/mol. The average Bonchev–Trinajstić information content (AvgIpc) is 2.49. The van der Waals surface area contributed by atoms with Gasteiger partial charge in [0.05, 0.1) is 0 Å². The fraction of sp³-hybridized carbons (Fsp3) is 0.533. The van der Waals surface area contributed by atoms with Crippen molar-refractivity contribution in [3.63, 3.8) is 0 Å². The Morgan fingerprint density at radius 2 is 2.23 bits per heavy atom. The molecular weight excluding hydrogens is 284 g/mol. The number of fused-ring (bicyclic) bond motifs is 1. The number of anilines is 2. The van der Waals surface area contributed by atoms with Crippen molar-refractivity contribution in [2.24, 2.45) is 0 Å². The summed E-state index contributed by atoms with van der Waals surface area (Å²) in [4.78, 5) is 31.7. The van der Waals surface area contributed by atoms with E-state index in [4.69, 9.17) is 10.5 Å². The number of carbonyl (C=O) groups is 2. The van der Waals surface area contributed by atoms with Crippen LogP contribution in [0.5, 0.6) is 5.75 Å². The van der Waals surface area contributed by atoms with Crippen molar-refractivity contribution < 1.29 is 14.3 Å². The number of ether oxygens (including phenoxy) is 1. The molecule has 22 heavy (non-hydrogen) atoms. The van der Waals surface area contributed by atoms with Gasteiger partial charge >= 0.3 is 0 Å². The van der Waals surface area contributed by atoms with Crippen LogP contribution in [0.25, 0.3) is 0 Å². The van der Waals surface area contributed by atoms with Crippen LogP contribution in [-0.4, -0.2) is 47.9 Å². The van der Waals surface area contributed by atoms with Crippen molar-refractivity contribution in [2.75, 3.05) is 30.8 Å². The van der Waals surface area contributed by atoms with Gasteiger partial charge in [-0.15, -0.1) is 0 Å². The van der Waals surface area contributed by atoms with Crippen LogP contribution in [0.15, 0.2) is 12.1 Å². The first kappa shape index (κ1) is 16.1. The fourth-order valence-electron chi connectivity index (χ4n) is 2.23. The third-order valence-corrected chi connectivity index (χ3v) is 3.60.